The zero-order valence-corrected chi connectivity index (χ0v) is 13.8. The fourth-order valence-electron chi connectivity index (χ4n) is 2.59. The normalized spacial score (nSPS) is 21.5. The minimum Gasteiger partial charge on any atom is -0.324 e. The van der Waals surface area contributed by atoms with Crippen LogP contribution in [0.25, 0.3) is 0 Å². The topological polar surface area (TPSA) is 87.3 Å². The molecule has 122 valence electrons. The Kier molecular flexibility index (Phi) is 5.08. The highest BCUT2D eigenvalue weighted by atomic mass is 32.2. The van der Waals surface area contributed by atoms with Crippen LogP contribution in [0.1, 0.15) is 33.1 Å². The molecule has 0 spiro atoms. The van der Waals surface area contributed by atoms with E-state index in [-0.39, 0.29) is 11.7 Å². The molecule has 0 aliphatic carbocycles. The number of benzene rings is 1. The first kappa shape index (κ1) is 16.8. The molecule has 22 heavy (non-hydrogen) atoms. The van der Waals surface area contributed by atoms with Crippen LogP contribution in [0.4, 0.5) is 11.4 Å². The highest BCUT2D eigenvalue weighted by Crippen LogP contribution is 2.25. The summed E-state index contributed by atoms with van der Waals surface area (Å²) < 4.78 is 25.5. The zero-order valence-electron chi connectivity index (χ0n) is 13.0. The molecule has 1 unspecified atom stereocenters. The van der Waals surface area contributed by atoms with Gasteiger partial charge >= 0.3 is 0 Å². The van der Waals surface area contributed by atoms with Crippen LogP contribution in [0.5, 0.6) is 0 Å². The summed E-state index contributed by atoms with van der Waals surface area (Å²) in [4.78, 5) is 12.4. The lowest BCUT2D eigenvalue weighted by molar-refractivity contribution is -0.122. The average Bonchev–Trinajstić information content (AvgIpc) is 2.99. The van der Waals surface area contributed by atoms with Crippen LogP contribution in [0.15, 0.2) is 24.3 Å². The van der Waals surface area contributed by atoms with E-state index in [0.717, 1.165) is 25.8 Å². The second-order valence-corrected chi connectivity index (χ2v) is 7.51. The van der Waals surface area contributed by atoms with Gasteiger partial charge < -0.3 is 10.6 Å². The maximum absolute atomic E-state index is 12.4. The molecule has 1 aliphatic rings. The first-order chi connectivity index (χ1) is 10.4. The Bertz CT molecular complexity index is 620. The van der Waals surface area contributed by atoms with E-state index in [1.165, 1.54) is 0 Å². The molecule has 0 radical (unpaired) electrons. The van der Waals surface area contributed by atoms with Crippen molar-refractivity contribution in [3.63, 3.8) is 0 Å². The molecular weight excluding hydrogens is 302 g/mol. The second kappa shape index (κ2) is 6.66. The van der Waals surface area contributed by atoms with Gasteiger partial charge in [-0.1, -0.05) is 6.92 Å². The van der Waals surface area contributed by atoms with E-state index >= 15 is 0 Å². The Morgan fingerprint density at radius 3 is 2.36 bits per heavy atom. The standard InChI is InChI=1S/C15H23N3O3S/c1-3-15(10-5-11-16-15)14(19)17-12-6-8-13(9-7-12)18-22(20,21)4-2/h6-9,16,18H,3-5,10-11H2,1-2H3,(H,17,19). The molecule has 1 aromatic carbocycles. The zero-order chi connectivity index (χ0) is 16.2. The average molecular weight is 325 g/mol. The van der Waals surface area contributed by atoms with Gasteiger partial charge in [-0.05, 0) is 57.0 Å². The maximum atomic E-state index is 12.4. The van der Waals surface area contributed by atoms with Gasteiger partial charge in [0.2, 0.25) is 15.9 Å². The van der Waals surface area contributed by atoms with Crippen molar-refractivity contribution in [2.24, 2.45) is 0 Å². The molecule has 7 heteroatoms. The lowest BCUT2D eigenvalue weighted by atomic mass is 9.93. The Morgan fingerprint density at radius 2 is 1.86 bits per heavy atom. The Morgan fingerprint density at radius 1 is 1.23 bits per heavy atom. The van der Waals surface area contributed by atoms with E-state index in [9.17, 15) is 13.2 Å². The van der Waals surface area contributed by atoms with E-state index in [1.807, 2.05) is 6.92 Å². The summed E-state index contributed by atoms with van der Waals surface area (Å²) in [5, 5.41) is 6.19. The lowest BCUT2D eigenvalue weighted by Gasteiger charge is -2.26. The highest BCUT2D eigenvalue weighted by molar-refractivity contribution is 7.92. The molecule has 1 aliphatic heterocycles. The predicted molar refractivity (Wildman–Crippen MR) is 88.4 cm³/mol. The molecule has 1 atom stereocenters. The SMILES string of the molecule is CCC1(C(=O)Nc2ccc(NS(=O)(=O)CC)cc2)CCCN1. The molecule has 0 bridgehead atoms. The number of hydrogen-bond donors (Lipinski definition) is 3. The third-order valence-electron chi connectivity index (χ3n) is 4.08. The summed E-state index contributed by atoms with van der Waals surface area (Å²) >= 11 is 0. The third kappa shape index (κ3) is 3.78. The molecule has 1 amide bonds. The van der Waals surface area contributed by atoms with Gasteiger partial charge in [0.25, 0.3) is 0 Å². The number of rotatable bonds is 6. The van der Waals surface area contributed by atoms with Crippen molar-refractivity contribution in [3.05, 3.63) is 24.3 Å². The highest BCUT2D eigenvalue weighted by Gasteiger charge is 2.38. The third-order valence-corrected chi connectivity index (χ3v) is 5.38. The van der Waals surface area contributed by atoms with Crippen LogP contribution >= 0.6 is 0 Å². The lowest BCUT2D eigenvalue weighted by Crippen LogP contribution is -2.50. The van der Waals surface area contributed by atoms with Crippen LogP contribution in [-0.2, 0) is 14.8 Å². The minimum absolute atomic E-state index is 0.0240. The van der Waals surface area contributed by atoms with Crippen molar-refractivity contribution in [1.29, 1.82) is 0 Å². The maximum Gasteiger partial charge on any atom is 0.244 e. The van der Waals surface area contributed by atoms with Gasteiger partial charge in [-0.2, -0.15) is 0 Å². The van der Waals surface area contributed by atoms with E-state index in [0.29, 0.717) is 11.4 Å². The summed E-state index contributed by atoms with van der Waals surface area (Å²) in [6, 6.07) is 6.68. The predicted octanol–water partition coefficient (Wildman–Crippen LogP) is 1.92. The van der Waals surface area contributed by atoms with Gasteiger partial charge in [0, 0.05) is 11.4 Å². The molecular formula is C15H23N3O3S. The Labute approximate surface area is 131 Å². The molecule has 1 fully saturated rings. The summed E-state index contributed by atoms with van der Waals surface area (Å²) in [7, 11) is -3.28. The molecule has 1 saturated heterocycles. The van der Waals surface area contributed by atoms with Gasteiger partial charge in [0.05, 0.1) is 11.3 Å². The van der Waals surface area contributed by atoms with Crippen LogP contribution < -0.4 is 15.4 Å². The number of hydrogen-bond acceptors (Lipinski definition) is 4. The largest absolute Gasteiger partial charge is 0.324 e. The fourth-order valence-corrected chi connectivity index (χ4v) is 3.23. The number of nitrogens with one attached hydrogen (secondary N) is 3. The molecule has 3 N–H and O–H groups in total. The minimum atomic E-state index is -3.28. The first-order valence-electron chi connectivity index (χ1n) is 7.58. The van der Waals surface area contributed by atoms with Crippen molar-refractivity contribution in [3.8, 4) is 0 Å². The van der Waals surface area contributed by atoms with Crippen molar-refractivity contribution >= 4 is 27.3 Å². The van der Waals surface area contributed by atoms with E-state index in [2.05, 4.69) is 15.4 Å². The quantitative estimate of drug-likeness (QED) is 0.746. The van der Waals surface area contributed by atoms with Crippen LogP contribution in [0.3, 0.4) is 0 Å². The van der Waals surface area contributed by atoms with Crippen LogP contribution in [0.2, 0.25) is 0 Å². The molecule has 0 saturated carbocycles. The summed E-state index contributed by atoms with van der Waals surface area (Å²) in [5.74, 6) is -0.00899. The molecule has 0 aromatic heterocycles. The molecule has 1 heterocycles. The first-order valence-corrected chi connectivity index (χ1v) is 9.23. The number of sulfonamides is 1. The van der Waals surface area contributed by atoms with Crippen LogP contribution in [0, 0.1) is 0 Å². The Balaban J connectivity index is 2.04. The van der Waals surface area contributed by atoms with Gasteiger partial charge in [0.1, 0.15) is 0 Å². The Hall–Kier alpha value is -1.60. The summed E-state index contributed by atoms with van der Waals surface area (Å²) in [6.45, 7) is 4.44. The van der Waals surface area contributed by atoms with E-state index in [4.69, 9.17) is 0 Å². The molecule has 1 aromatic rings. The summed E-state index contributed by atoms with van der Waals surface area (Å²) in [5.41, 5.74) is 0.665. The van der Waals surface area contributed by atoms with Crippen molar-refractivity contribution < 1.29 is 13.2 Å². The number of carbonyl (C=O) groups is 1. The van der Waals surface area contributed by atoms with Gasteiger partial charge in [-0.15, -0.1) is 0 Å². The van der Waals surface area contributed by atoms with Gasteiger partial charge in [-0.3, -0.25) is 9.52 Å². The second-order valence-electron chi connectivity index (χ2n) is 5.50. The number of anilines is 2. The van der Waals surface area contributed by atoms with Crippen molar-refractivity contribution in [1.82, 2.24) is 5.32 Å². The van der Waals surface area contributed by atoms with Crippen LogP contribution in [-0.4, -0.2) is 32.2 Å². The van der Waals surface area contributed by atoms with Gasteiger partial charge in [-0.25, -0.2) is 8.42 Å². The summed E-state index contributed by atoms with van der Waals surface area (Å²) in [6.07, 6.45) is 2.58. The monoisotopic (exact) mass is 325 g/mol. The molecule has 2 rings (SSSR count). The van der Waals surface area contributed by atoms with E-state index in [1.54, 1.807) is 31.2 Å². The number of amides is 1. The van der Waals surface area contributed by atoms with Crippen molar-refractivity contribution in [2.75, 3.05) is 22.3 Å². The fraction of sp³-hybridized carbons (Fsp3) is 0.533. The smallest absolute Gasteiger partial charge is 0.244 e. The van der Waals surface area contributed by atoms with Gasteiger partial charge in [0.15, 0.2) is 0 Å². The van der Waals surface area contributed by atoms with Crippen molar-refractivity contribution in [2.45, 2.75) is 38.6 Å². The molecule has 6 nitrogen and oxygen atoms in total. The number of carbonyl (C=O) groups excluding carboxylic acids is 1. The van der Waals surface area contributed by atoms with E-state index < -0.39 is 15.6 Å².